The average Bonchev–Trinajstić information content (AvgIpc) is 1.86. The van der Waals surface area contributed by atoms with Crippen LogP contribution in [0, 0.1) is 0 Å². The third kappa shape index (κ3) is 0.815. The predicted molar refractivity (Wildman–Crippen MR) is 33.0 cm³/mol. The van der Waals surface area contributed by atoms with E-state index in [4.69, 9.17) is 0 Å². The minimum Gasteiger partial charge on any atom is -0.00531 e. The van der Waals surface area contributed by atoms with Crippen LogP contribution in [0.4, 0.5) is 0 Å². The molecule has 0 spiro atoms. The standard InChI is InChI=1S/C5H10P/c1-6-4-2-3-5-6/h4H,2-3,5H2,1H3/q+1. The second kappa shape index (κ2) is 1.75. The first kappa shape index (κ1) is 4.33. The van der Waals surface area contributed by atoms with Crippen LogP contribution in [0.1, 0.15) is 12.8 Å². The Bertz CT molecular complexity index is 74.0. The van der Waals surface area contributed by atoms with Gasteiger partial charge in [0.25, 0.3) is 0 Å². The van der Waals surface area contributed by atoms with Crippen LogP contribution in [-0.4, -0.2) is 18.6 Å². The average molecular weight is 101 g/mol. The Hall–Kier alpha value is 0.170. The molecule has 0 amide bonds. The van der Waals surface area contributed by atoms with Crippen molar-refractivity contribution in [1.82, 2.24) is 0 Å². The summed E-state index contributed by atoms with van der Waals surface area (Å²) >= 11 is 0. The van der Waals surface area contributed by atoms with Crippen LogP contribution in [0.15, 0.2) is 0 Å². The molecular formula is C5H10P+. The largest absolute Gasteiger partial charge is 0.106 e. The zero-order valence-corrected chi connectivity index (χ0v) is 5.04. The van der Waals surface area contributed by atoms with E-state index < -0.39 is 0 Å². The summed E-state index contributed by atoms with van der Waals surface area (Å²) in [5, 5.41) is 0. The van der Waals surface area contributed by atoms with Crippen LogP contribution < -0.4 is 0 Å². The summed E-state index contributed by atoms with van der Waals surface area (Å²) in [5.74, 6) is 2.47. The van der Waals surface area contributed by atoms with Gasteiger partial charge in [-0.05, 0) is 6.42 Å². The monoisotopic (exact) mass is 101 g/mol. The molecule has 6 heavy (non-hydrogen) atoms. The second-order valence-corrected chi connectivity index (χ2v) is 4.13. The van der Waals surface area contributed by atoms with E-state index in [9.17, 15) is 0 Å². The molecule has 1 atom stereocenters. The van der Waals surface area contributed by atoms with Crippen molar-refractivity contribution in [2.75, 3.05) is 12.8 Å². The van der Waals surface area contributed by atoms with Crippen molar-refractivity contribution in [3.8, 4) is 0 Å². The summed E-state index contributed by atoms with van der Waals surface area (Å²) in [4.78, 5) is 0. The van der Waals surface area contributed by atoms with Crippen molar-refractivity contribution in [3.63, 3.8) is 0 Å². The molecule has 0 saturated carbocycles. The maximum absolute atomic E-state index is 2.47. The van der Waals surface area contributed by atoms with Gasteiger partial charge in [-0.3, -0.25) is 0 Å². The minimum atomic E-state index is 0.410. The zero-order chi connectivity index (χ0) is 4.41. The first-order chi connectivity index (χ1) is 2.89. The molecule has 1 aliphatic rings. The molecule has 1 unspecified atom stereocenters. The molecule has 0 fully saturated rings. The first-order valence-corrected chi connectivity index (χ1v) is 4.47. The molecule has 0 bridgehead atoms. The highest BCUT2D eigenvalue weighted by atomic mass is 31.1. The number of rotatable bonds is 0. The van der Waals surface area contributed by atoms with Gasteiger partial charge < -0.3 is 0 Å². The first-order valence-electron chi connectivity index (χ1n) is 2.43. The van der Waals surface area contributed by atoms with Gasteiger partial charge in [-0.15, -0.1) is 0 Å². The topological polar surface area (TPSA) is 0 Å². The molecule has 1 aliphatic heterocycles. The number of hydrogen-bond acceptors (Lipinski definition) is 0. The molecule has 1 rings (SSSR count). The van der Waals surface area contributed by atoms with E-state index in [1.54, 1.807) is 0 Å². The predicted octanol–water partition coefficient (Wildman–Crippen LogP) is 1.69. The third-order valence-electron chi connectivity index (χ3n) is 1.16. The Labute approximate surface area is 40.0 Å². The normalized spacial score (nSPS) is 27.2. The summed E-state index contributed by atoms with van der Waals surface area (Å²) in [6.07, 6.45) is 4.35. The van der Waals surface area contributed by atoms with Gasteiger partial charge in [-0.25, -0.2) is 0 Å². The Morgan fingerprint density at radius 3 is 2.67 bits per heavy atom. The van der Waals surface area contributed by atoms with E-state index >= 15 is 0 Å². The van der Waals surface area contributed by atoms with Crippen molar-refractivity contribution in [2.45, 2.75) is 12.8 Å². The van der Waals surface area contributed by atoms with Gasteiger partial charge in [0.2, 0.25) is 0 Å². The highest BCUT2D eigenvalue weighted by Crippen LogP contribution is 2.24. The third-order valence-corrected chi connectivity index (χ3v) is 3.06. The van der Waals surface area contributed by atoms with E-state index in [1.165, 1.54) is 19.0 Å². The molecule has 34 valence electrons. The summed E-state index contributed by atoms with van der Waals surface area (Å²) in [5.41, 5.74) is 0. The molecule has 0 nitrogen and oxygen atoms in total. The van der Waals surface area contributed by atoms with Crippen molar-refractivity contribution in [3.05, 3.63) is 0 Å². The lowest BCUT2D eigenvalue weighted by Crippen LogP contribution is -1.62. The van der Waals surface area contributed by atoms with Gasteiger partial charge in [-0.2, -0.15) is 0 Å². The molecule has 1 heteroatoms. The van der Waals surface area contributed by atoms with Gasteiger partial charge >= 0.3 is 0 Å². The fourth-order valence-electron chi connectivity index (χ4n) is 0.744. The zero-order valence-electron chi connectivity index (χ0n) is 4.15. The van der Waals surface area contributed by atoms with Crippen molar-refractivity contribution in [1.29, 1.82) is 0 Å². The van der Waals surface area contributed by atoms with Crippen LogP contribution in [0.2, 0.25) is 0 Å². The van der Waals surface area contributed by atoms with E-state index in [-0.39, 0.29) is 0 Å². The van der Waals surface area contributed by atoms with Gasteiger partial charge in [-0.1, -0.05) is 0 Å². The highest BCUT2D eigenvalue weighted by Gasteiger charge is 2.06. The summed E-state index contributed by atoms with van der Waals surface area (Å²) < 4.78 is 0. The van der Waals surface area contributed by atoms with Gasteiger partial charge in [0.15, 0.2) is 0 Å². The van der Waals surface area contributed by atoms with Crippen LogP contribution in [0.3, 0.4) is 0 Å². The maximum Gasteiger partial charge on any atom is 0.106 e. The lowest BCUT2D eigenvalue weighted by molar-refractivity contribution is 1.05. The van der Waals surface area contributed by atoms with E-state index in [1.807, 2.05) is 0 Å². The molecular weight excluding hydrogens is 91.0 g/mol. The van der Waals surface area contributed by atoms with Crippen molar-refractivity contribution < 1.29 is 0 Å². The van der Waals surface area contributed by atoms with Gasteiger partial charge in [0, 0.05) is 6.42 Å². The molecule has 0 aromatic heterocycles. The fourth-order valence-corrected chi connectivity index (χ4v) is 2.23. The highest BCUT2D eigenvalue weighted by molar-refractivity contribution is 7.56. The minimum absolute atomic E-state index is 0.410. The Balaban J connectivity index is 2.45. The molecule has 1 heterocycles. The Kier molecular flexibility index (Phi) is 1.26. The van der Waals surface area contributed by atoms with E-state index in [0.717, 1.165) is 0 Å². The molecule has 0 aromatic rings. The lowest BCUT2D eigenvalue weighted by Gasteiger charge is -1.67. The molecule has 0 aliphatic carbocycles. The Morgan fingerprint density at radius 2 is 2.50 bits per heavy atom. The van der Waals surface area contributed by atoms with E-state index in [0.29, 0.717) is 7.55 Å². The van der Waals surface area contributed by atoms with E-state index in [2.05, 4.69) is 12.5 Å². The van der Waals surface area contributed by atoms with Crippen LogP contribution >= 0.6 is 7.55 Å². The van der Waals surface area contributed by atoms with Crippen molar-refractivity contribution in [2.24, 2.45) is 0 Å². The van der Waals surface area contributed by atoms with Crippen molar-refractivity contribution >= 4 is 13.3 Å². The molecule has 0 N–H and O–H groups in total. The molecule has 0 saturated heterocycles. The second-order valence-electron chi connectivity index (χ2n) is 1.81. The molecule has 0 aromatic carbocycles. The smallest absolute Gasteiger partial charge is 0.00531 e. The Morgan fingerprint density at radius 1 is 1.67 bits per heavy atom. The maximum atomic E-state index is 2.47. The van der Waals surface area contributed by atoms with Gasteiger partial charge in [0.05, 0.1) is 20.0 Å². The van der Waals surface area contributed by atoms with Gasteiger partial charge in [0.1, 0.15) is 6.16 Å². The summed E-state index contributed by atoms with van der Waals surface area (Å²) in [6, 6.07) is 0. The fraction of sp³-hybridized carbons (Fsp3) is 0.800. The summed E-state index contributed by atoms with van der Waals surface area (Å²) in [7, 11) is 0.410. The lowest BCUT2D eigenvalue weighted by atomic mass is 10.4. The van der Waals surface area contributed by atoms with Crippen LogP contribution in [0.25, 0.3) is 0 Å². The molecule has 0 radical (unpaired) electrons. The van der Waals surface area contributed by atoms with Crippen LogP contribution in [-0.2, 0) is 0 Å². The number of hydrogen-bond donors (Lipinski definition) is 0. The SMILES string of the molecule is C[P+]1=CCCC1. The quantitative estimate of drug-likeness (QED) is 0.407. The van der Waals surface area contributed by atoms with Crippen LogP contribution in [0.5, 0.6) is 0 Å². The summed E-state index contributed by atoms with van der Waals surface area (Å²) in [6.45, 7) is 2.35.